The van der Waals surface area contributed by atoms with E-state index in [1.165, 1.54) is 57.6 Å². The molecule has 138 valence electrons. The van der Waals surface area contributed by atoms with Crippen molar-refractivity contribution in [2.24, 2.45) is 5.41 Å². The minimum absolute atomic E-state index is 0. The lowest BCUT2D eigenvalue weighted by atomic mass is 9.78. The fourth-order valence-corrected chi connectivity index (χ4v) is 4.33. The van der Waals surface area contributed by atoms with Crippen molar-refractivity contribution in [2.75, 3.05) is 26.2 Å². The zero-order valence-corrected chi connectivity index (χ0v) is 16.4. The van der Waals surface area contributed by atoms with Gasteiger partial charge in [0.1, 0.15) is 11.6 Å². The Morgan fingerprint density at radius 3 is 2.33 bits per heavy atom. The standard InChI is InChI=1S/C18H33N5.ClH/c1-4-18(5-2,6-3)14-22-10-7-15(8-11-22)17-21-20-16-13-19-9-12-23(16)17;/h15,19H,4-14H2,1-3H3;1H. The molecule has 6 heteroatoms. The predicted octanol–water partition coefficient (Wildman–Crippen LogP) is 3.20. The van der Waals surface area contributed by atoms with E-state index in [1.54, 1.807) is 0 Å². The van der Waals surface area contributed by atoms with E-state index >= 15 is 0 Å². The number of piperidine rings is 1. The summed E-state index contributed by atoms with van der Waals surface area (Å²) in [6.07, 6.45) is 6.36. The normalized spacial score (nSPS) is 19.8. The maximum absolute atomic E-state index is 4.52. The Morgan fingerprint density at radius 1 is 1.04 bits per heavy atom. The number of rotatable bonds is 6. The maximum Gasteiger partial charge on any atom is 0.147 e. The van der Waals surface area contributed by atoms with Crippen LogP contribution in [0.25, 0.3) is 0 Å². The summed E-state index contributed by atoms with van der Waals surface area (Å²) in [5, 5.41) is 12.3. The first-order valence-electron chi connectivity index (χ1n) is 9.56. The van der Waals surface area contributed by atoms with Gasteiger partial charge in [-0.25, -0.2) is 0 Å². The van der Waals surface area contributed by atoms with Crippen LogP contribution in [0.4, 0.5) is 0 Å². The van der Waals surface area contributed by atoms with Gasteiger partial charge in [-0.15, -0.1) is 22.6 Å². The number of aromatic nitrogens is 3. The van der Waals surface area contributed by atoms with Crippen molar-refractivity contribution in [1.82, 2.24) is 25.0 Å². The van der Waals surface area contributed by atoms with Gasteiger partial charge in [-0.05, 0) is 50.6 Å². The summed E-state index contributed by atoms with van der Waals surface area (Å²) < 4.78 is 2.37. The lowest BCUT2D eigenvalue weighted by Crippen LogP contribution is -2.41. The van der Waals surface area contributed by atoms with E-state index in [0.29, 0.717) is 11.3 Å². The number of nitrogens with zero attached hydrogens (tertiary/aromatic N) is 4. The van der Waals surface area contributed by atoms with Crippen LogP contribution < -0.4 is 5.32 Å². The molecule has 2 aliphatic rings. The molecule has 0 unspecified atom stereocenters. The summed E-state index contributed by atoms with van der Waals surface area (Å²) in [6.45, 7) is 13.7. The smallest absolute Gasteiger partial charge is 0.147 e. The molecule has 0 bridgehead atoms. The highest BCUT2D eigenvalue weighted by atomic mass is 35.5. The quantitative estimate of drug-likeness (QED) is 0.851. The van der Waals surface area contributed by atoms with Crippen LogP contribution in [0, 0.1) is 5.41 Å². The summed E-state index contributed by atoms with van der Waals surface area (Å²) in [5.41, 5.74) is 0.520. The van der Waals surface area contributed by atoms with Crippen molar-refractivity contribution in [3.05, 3.63) is 11.6 Å². The van der Waals surface area contributed by atoms with Crippen LogP contribution in [0.5, 0.6) is 0 Å². The Labute approximate surface area is 153 Å². The first-order chi connectivity index (χ1) is 11.2. The first-order valence-corrected chi connectivity index (χ1v) is 9.56. The van der Waals surface area contributed by atoms with Crippen molar-refractivity contribution in [2.45, 2.75) is 71.9 Å². The molecule has 3 heterocycles. The average molecular weight is 356 g/mol. The third kappa shape index (κ3) is 3.94. The predicted molar refractivity (Wildman–Crippen MR) is 101 cm³/mol. The zero-order chi connectivity index (χ0) is 16.3. The molecule has 24 heavy (non-hydrogen) atoms. The summed E-state index contributed by atoms with van der Waals surface area (Å²) in [7, 11) is 0. The topological polar surface area (TPSA) is 46.0 Å². The van der Waals surface area contributed by atoms with E-state index in [0.717, 1.165) is 25.5 Å². The minimum Gasteiger partial charge on any atom is -0.312 e. The number of likely N-dealkylation sites (tertiary alicyclic amines) is 1. The first kappa shape index (κ1) is 19.7. The zero-order valence-electron chi connectivity index (χ0n) is 15.6. The maximum atomic E-state index is 4.52. The molecular weight excluding hydrogens is 322 g/mol. The van der Waals surface area contributed by atoms with Crippen LogP contribution in [0.2, 0.25) is 0 Å². The number of hydrogen-bond acceptors (Lipinski definition) is 4. The highest BCUT2D eigenvalue weighted by Crippen LogP contribution is 2.34. The van der Waals surface area contributed by atoms with Gasteiger partial charge in [0.25, 0.3) is 0 Å². The van der Waals surface area contributed by atoms with Crippen molar-refractivity contribution >= 4 is 12.4 Å². The molecule has 1 aromatic heterocycles. The fraction of sp³-hybridized carbons (Fsp3) is 0.889. The molecule has 0 amide bonds. The van der Waals surface area contributed by atoms with Gasteiger partial charge < -0.3 is 14.8 Å². The Hall–Kier alpha value is -0.650. The van der Waals surface area contributed by atoms with E-state index in [2.05, 4.69) is 45.8 Å². The second-order valence-corrected chi connectivity index (χ2v) is 7.41. The molecule has 5 nitrogen and oxygen atoms in total. The van der Waals surface area contributed by atoms with Gasteiger partial charge in [-0.2, -0.15) is 0 Å². The molecule has 2 aliphatic heterocycles. The Bertz CT molecular complexity index is 495. The van der Waals surface area contributed by atoms with Gasteiger partial charge >= 0.3 is 0 Å². The summed E-state index contributed by atoms with van der Waals surface area (Å²) in [6, 6.07) is 0. The Morgan fingerprint density at radius 2 is 1.71 bits per heavy atom. The van der Waals surface area contributed by atoms with Crippen LogP contribution >= 0.6 is 12.4 Å². The van der Waals surface area contributed by atoms with Crippen LogP contribution in [0.15, 0.2) is 0 Å². The van der Waals surface area contributed by atoms with E-state index in [9.17, 15) is 0 Å². The van der Waals surface area contributed by atoms with Crippen molar-refractivity contribution < 1.29 is 0 Å². The lowest BCUT2D eigenvalue weighted by Gasteiger charge is -2.40. The molecule has 0 aromatic carbocycles. The van der Waals surface area contributed by atoms with E-state index in [4.69, 9.17) is 0 Å². The minimum atomic E-state index is 0. The molecule has 1 saturated heterocycles. The molecular formula is C18H34ClN5. The largest absolute Gasteiger partial charge is 0.312 e. The number of nitrogens with one attached hydrogen (secondary N) is 1. The molecule has 3 rings (SSSR count). The second-order valence-electron chi connectivity index (χ2n) is 7.41. The molecule has 1 aromatic rings. The highest BCUT2D eigenvalue weighted by molar-refractivity contribution is 5.85. The van der Waals surface area contributed by atoms with Gasteiger partial charge in [0.2, 0.25) is 0 Å². The number of halogens is 1. The molecule has 0 spiro atoms. The van der Waals surface area contributed by atoms with Gasteiger partial charge in [0, 0.05) is 25.6 Å². The molecule has 0 radical (unpaired) electrons. The highest BCUT2D eigenvalue weighted by Gasteiger charge is 2.31. The van der Waals surface area contributed by atoms with Gasteiger partial charge in [0.05, 0.1) is 6.54 Å². The van der Waals surface area contributed by atoms with Gasteiger partial charge in [-0.3, -0.25) is 0 Å². The van der Waals surface area contributed by atoms with Crippen LogP contribution in [0.1, 0.15) is 70.4 Å². The monoisotopic (exact) mass is 355 g/mol. The van der Waals surface area contributed by atoms with E-state index in [1.807, 2.05) is 0 Å². The van der Waals surface area contributed by atoms with Gasteiger partial charge in [0.15, 0.2) is 0 Å². The average Bonchev–Trinajstić information content (AvgIpc) is 3.04. The molecule has 0 aliphatic carbocycles. The van der Waals surface area contributed by atoms with Crippen molar-refractivity contribution in [3.8, 4) is 0 Å². The van der Waals surface area contributed by atoms with Gasteiger partial charge in [-0.1, -0.05) is 20.8 Å². The second kappa shape index (κ2) is 8.63. The van der Waals surface area contributed by atoms with E-state index in [-0.39, 0.29) is 12.4 Å². The Balaban J connectivity index is 0.00000208. The fourth-order valence-electron chi connectivity index (χ4n) is 4.33. The van der Waals surface area contributed by atoms with Crippen molar-refractivity contribution in [3.63, 3.8) is 0 Å². The third-order valence-corrected chi connectivity index (χ3v) is 6.41. The third-order valence-electron chi connectivity index (χ3n) is 6.41. The lowest BCUT2D eigenvalue weighted by molar-refractivity contribution is 0.108. The van der Waals surface area contributed by atoms with Crippen LogP contribution in [0.3, 0.4) is 0 Å². The van der Waals surface area contributed by atoms with Crippen LogP contribution in [-0.4, -0.2) is 45.8 Å². The van der Waals surface area contributed by atoms with E-state index < -0.39 is 0 Å². The summed E-state index contributed by atoms with van der Waals surface area (Å²) in [5.74, 6) is 2.97. The SMILES string of the molecule is CCC(CC)(CC)CN1CCC(c2nnc3n2CCNC3)CC1.Cl. The molecule has 1 fully saturated rings. The molecule has 0 saturated carbocycles. The molecule has 1 N–H and O–H groups in total. The Kier molecular flexibility index (Phi) is 7.08. The number of hydrogen-bond donors (Lipinski definition) is 1. The summed E-state index contributed by atoms with van der Waals surface area (Å²) >= 11 is 0. The van der Waals surface area contributed by atoms with Crippen LogP contribution in [-0.2, 0) is 13.1 Å². The van der Waals surface area contributed by atoms with Crippen molar-refractivity contribution in [1.29, 1.82) is 0 Å². The summed E-state index contributed by atoms with van der Waals surface area (Å²) in [4.78, 5) is 2.70. The number of fused-ring (bicyclic) bond motifs is 1. The molecule has 0 atom stereocenters.